The van der Waals surface area contributed by atoms with Crippen LogP contribution in [0.1, 0.15) is 43.7 Å². The van der Waals surface area contributed by atoms with E-state index in [-0.39, 0.29) is 6.04 Å². The van der Waals surface area contributed by atoms with Crippen molar-refractivity contribution < 1.29 is 23.7 Å². The number of carbonyl (C=O) groups excluding carboxylic acids is 1. The Morgan fingerprint density at radius 2 is 1.58 bits per heavy atom. The molecule has 2 atom stereocenters. The molecule has 33 heavy (non-hydrogen) atoms. The van der Waals surface area contributed by atoms with Gasteiger partial charge in [0, 0.05) is 6.04 Å². The lowest BCUT2D eigenvalue weighted by molar-refractivity contribution is -0.110. The van der Waals surface area contributed by atoms with E-state index in [2.05, 4.69) is 11.4 Å². The number of nitrogens with zero attached hydrogens (tertiary/aromatic N) is 1. The molecule has 0 fully saturated rings. The van der Waals surface area contributed by atoms with Crippen LogP contribution >= 0.6 is 0 Å². The van der Waals surface area contributed by atoms with Gasteiger partial charge in [0.2, 0.25) is 6.41 Å². The largest absolute Gasteiger partial charge is 0.493 e. The summed E-state index contributed by atoms with van der Waals surface area (Å²) in [5, 5.41) is 13.0. The summed E-state index contributed by atoms with van der Waals surface area (Å²) < 4.78 is 21.5. The molecule has 0 aliphatic carbocycles. The van der Waals surface area contributed by atoms with Crippen molar-refractivity contribution in [1.82, 2.24) is 5.32 Å². The van der Waals surface area contributed by atoms with Crippen LogP contribution in [-0.2, 0) is 16.6 Å². The molecule has 7 heteroatoms. The first-order valence-electron chi connectivity index (χ1n) is 11.0. The quantitative estimate of drug-likeness (QED) is 0.425. The molecule has 1 N–H and O–H groups in total. The molecule has 2 rings (SSSR count). The number of ether oxygens (including phenoxy) is 4. The van der Waals surface area contributed by atoms with Crippen LogP contribution < -0.4 is 24.3 Å². The zero-order chi connectivity index (χ0) is 24.3. The van der Waals surface area contributed by atoms with Gasteiger partial charge in [0.15, 0.2) is 23.0 Å². The monoisotopic (exact) mass is 454 g/mol. The zero-order valence-corrected chi connectivity index (χ0v) is 20.1. The maximum Gasteiger partial charge on any atom is 0.207 e. The van der Waals surface area contributed by atoms with Crippen LogP contribution in [0.25, 0.3) is 0 Å². The molecule has 0 bridgehead atoms. The highest BCUT2D eigenvalue weighted by atomic mass is 16.5. The Morgan fingerprint density at radius 3 is 2.12 bits per heavy atom. The predicted octanol–water partition coefficient (Wildman–Crippen LogP) is 4.42. The van der Waals surface area contributed by atoms with Gasteiger partial charge in [-0.1, -0.05) is 19.1 Å². The second kappa shape index (κ2) is 12.6. The second-order valence-electron chi connectivity index (χ2n) is 7.88. The maximum absolute atomic E-state index is 11.2. The summed E-state index contributed by atoms with van der Waals surface area (Å²) in [4.78, 5) is 11.2. The molecule has 2 aromatic carbocycles. The number of carbonyl (C=O) groups is 1. The fourth-order valence-corrected chi connectivity index (χ4v) is 4.14. The second-order valence-corrected chi connectivity index (χ2v) is 7.88. The van der Waals surface area contributed by atoms with Crippen LogP contribution in [0.3, 0.4) is 0 Å². The molecule has 0 spiro atoms. The van der Waals surface area contributed by atoms with Crippen LogP contribution in [0.15, 0.2) is 36.4 Å². The van der Waals surface area contributed by atoms with Gasteiger partial charge in [-0.15, -0.1) is 0 Å². The standard InChI is InChI=1S/C26H34N2O5/c1-6-26(17-27,20-10-12-23(31-3)25(16-20)33-5)13-7-8-21(28-18-29)14-19-9-11-22(30-2)24(15-19)32-4/h9-12,15-16,18,21H,6-8,13-14H2,1-5H3,(H,28,29). The first-order valence-corrected chi connectivity index (χ1v) is 11.0. The van der Waals surface area contributed by atoms with E-state index in [0.717, 1.165) is 30.4 Å². The Morgan fingerprint density at radius 1 is 0.970 bits per heavy atom. The van der Waals surface area contributed by atoms with Crippen LogP contribution in [0.5, 0.6) is 23.0 Å². The molecule has 0 radical (unpaired) electrons. The number of hydrogen-bond donors (Lipinski definition) is 1. The summed E-state index contributed by atoms with van der Waals surface area (Å²) in [6, 6.07) is 13.9. The smallest absolute Gasteiger partial charge is 0.207 e. The molecule has 0 heterocycles. The molecule has 7 nitrogen and oxygen atoms in total. The van der Waals surface area contributed by atoms with E-state index in [9.17, 15) is 10.1 Å². The average molecular weight is 455 g/mol. The summed E-state index contributed by atoms with van der Waals surface area (Å²) in [5.74, 6) is 2.56. The molecule has 0 aliphatic rings. The summed E-state index contributed by atoms with van der Waals surface area (Å²) >= 11 is 0. The summed E-state index contributed by atoms with van der Waals surface area (Å²) in [6.45, 7) is 2.02. The van der Waals surface area contributed by atoms with E-state index in [0.29, 0.717) is 42.3 Å². The Labute approximate surface area is 196 Å². The van der Waals surface area contributed by atoms with Crippen LogP contribution in [0, 0.1) is 11.3 Å². The third-order valence-electron chi connectivity index (χ3n) is 6.14. The number of hydrogen-bond acceptors (Lipinski definition) is 6. The summed E-state index contributed by atoms with van der Waals surface area (Å²) in [5.41, 5.74) is 1.30. The predicted molar refractivity (Wildman–Crippen MR) is 127 cm³/mol. The van der Waals surface area contributed by atoms with Crippen LogP contribution in [0.4, 0.5) is 0 Å². The van der Waals surface area contributed by atoms with Gasteiger partial charge in [-0.2, -0.15) is 5.26 Å². The lowest BCUT2D eigenvalue weighted by Crippen LogP contribution is -2.31. The molecule has 2 aromatic rings. The summed E-state index contributed by atoms with van der Waals surface area (Å²) in [7, 11) is 6.38. The molecule has 178 valence electrons. The van der Waals surface area contributed by atoms with E-state index in [4.69, 9.17) is 18.9 Å². The van der Waals surface area contributed by atoms with E-state index in [1.807, 2.05) is 43.3 Å². The van der Waals surface area contributed by atoms with E-state index in [1.54, 1.807) is 28.4 Å². The number of nitriles is 1. The van der Waals surface area contributed by atoms with E-state index < -0.39 is 5.41 Å². The molecule has 0 saturated carbocycles. The Kier molecular flexibility index (Phi) is 9.86. The van der Waals surface area contributed by atoms with Gasteiger partial charge >= 0.3 is 0 Å². The molecule has 2 unspecified atom stereocenters. The minimum atomic E-state index is -0.644. The van der Waals surface area contributed by atoms with Crippen molar-refractivity contribution in [3.63, 3.8) is 0 Å². The highest BCUT2D eigenvalue weighted by molar-refractivity contribution is 5.48. The number of amides is 1. The first kappa shape index (κ1) is 25.9. The van der Waals surface area contributed by atoms with Crippen molar-refractivity contribution in [2.75, 3.05) is 28.4 Å². The topological polar surface area (TPSA) is 89.8 Å². The molecule has 0 aromatic heterocycles. The molecular formula is C26H34N2O5. The van der Waals surface area contributed by atoms with Crippen molar-refractivity contribution in [2.24, 2.45) is 0 Å². The van der Waals surface area contributed by atoms with Crippen LogP contribution in [-0.4, -0.2) is 40.9 Å². The van der Waals surface area contributed by atoms with E-state index in [1.165, 1.54) is 0 Å². The zero-order valence-electron chi connectivity index (χ0n) is 20.1. The maximum atomic E-state index is 11.2. The van der Waals surface area contributed by atoms with Gasteiger partial charge < -0.3 is 24.3 Å². The third kappa shape index (κ3) is 6.32. The Balaban J connectivity index is 2.14. The molecule has 0 saturated heterocycles. The first-order chi connectivity index (χ1) is 16.0. The van der Waals surface area contributed by atoms with E-state index >= 15 is 0 Å². The van der Waals surface area contributed by atoms with Gasteiger partial charge in [0.1, 0.15) is 0 Å². The van der Waals surface area contributed by atoms with Crippen LogP contribution in [0.2, 0.25) is 0 Å². The number of benzene rings is 2. The highest BCUT2D eigenvalue weighted by Crippen LogP contribution is 2.38. The van der Waals surface area contributed by atoms with Crippen molar-refractivity contribution in [3.05, 3.63) is 47.5 Å². The molecular weight excluding hydrogens is 420 g/mol. The lowest BCUT2D eigenvalue weighted by atomic mass is 9.75. The minimum absolute atomic E-state index is 0.0562. The van der Waals surface area contributed by atoms with Gasteiger partial charge in [-0.25, -0.2) is 0 Å². The fourth-order valence-electron chi connectivity index (χ4n) is 4.14. The van der Waals surface area contributed by atoms with Gasteiger partial charge in [-0.3, -0.25) is 4.79 Å². The third-order valence-corrected chi connectivity index (χ3v) is 6.14. The van der Waals surface area contributed by atoms with Crippen molar-refractivity contribution in [2.45, 2.75) is 50.5 Å². The lowest BCUT2D eigenvalue weighted by Gasteiger charge is -2.27. The Hall–Kier alpha value is -3.40. The van der Waals surface area contributed by atoms with Gasteiger partial charge in [0.25, 0.3) is 0 Å². The summed E-state index contributed by atoms with van der Waals surface area (Å²) in [6.07, 6.45) is 4.23. The average Bonchev–Trinajstić information content (AvgIpc) is 2.86. The normalized spacial score (nSPS) is 13.2. The SMILES string of the molecule is CCC(C#N)(CCCC(Cc1ccc(OC)c(OC)c1)NC=O)c1ccc(OC)c(OC)c1. The highest BCUT2D eigenvalue weighted by Gasteiger charge is 2.31. The van der Waals surface area contributed by atoms with Crippen molar-refractivity contribution in [1.29, 1.82) is 5.26 Å². The molecule has 1 amide bonds. The van der Waals surface area contributed by atoms with Crippen molar-refractivity contribution >= 4 is 6.41 Å². The van der Waals surface area contributed by atoms with Crippen molar-refractivity contribution in [3.8, 4) is 29.1 Å². The number of rotatable bonds is 14. The van der Waals surface area contributed by atoms with Gasteiger partial charge in [0.05, 0.1) is 39.9 Å². The number of methoxy groups -OCH3 is 4. The molecule has 0 aliphatic heterocycles. The number of nitrogens with one attached hydrogen (secondary N) is 1. The Bertz CT molecular complexity index is 956. The fraction of sp³-hybridized carbons (Fsp3) is 0.462. The van der Waals surface area contributed by atoms with Gasteiger partial charge in [-0.05, 0) is 67.5 Å². The minimum Gasteiger partial charge on any atom is -0.493 e.